The second-order valence-electron chi connectivity index (χ2n) is 23.9. The van der Waals surface area contributed by atoms with Crippen molar-refractivity contribution in [2.24, 2.45) is 11.3 Å². The molecule has 1 aliphatic carbocycles. The number of benzene rings is 2. The summed E-state index contributed by atoms with van der Waals surface area (Å²) in [7, 11) is 0.696. The number of aromatic nitrogens is 3. The summed E-state index contributed by atoms with van der Waals surface area (Å²) in [6.07, 6.45) is 10.2. The molecule has 15 nitrogen and oxygen atoms in total. The second kappa shape index (κ2) is 19.4. The fraction of sp³-hybridized carbons (Fsp3) is 0.607. The molecule has 3 fully saturated rings. The molecule has 2 aromatic carbocycles. The number of likely N-dealkylation sites (N-methyl/N-ethyl adjacent to an activating group) is 1. The van der Waals surface area contributed by atoms with E-state index in [0.29, 0.717) is 95.5 Å². The molecule has 1 amide bonds. The van der Waals surface area contributed by atoms with E-state index in [9.17, 15) is 15.3 Å². The maximum absolute atomic E-state index is 15.5. The maximum Gasteiger partial charge on any atom is 0.322 e. The van der Waals surface area contributed by atoms with Gasteiger partial charge >= 0.3 is 5.97 Å². The van der Waals surface area contributed by atoms with Crippen LogP contribution in [0.1, 0.15) is 80.3 Å². The molecule has 74 heavy (non-hydrogen) atoms. The Labute approximate surface area is 443 Å². The van der Waals surface area contributed by atoms with Crippen LogP contribution >= 0.6 is 11.8 Å². The topological polar surface area (TPSA) is 186 Å². The number of aliphatic hydroxyl groups excluding tert-OH is 1. The van der Waals surface area contributed by atoms with Gasteiger partial charge in [0, 0.05) is 108 Å². The molecule has 0 unspecified atom stereocenters. The Morgan fingerprint density at radius 3 is 2.46 bits per heavy atom. The van der Waals surface area contributed by atoms with Crippen LogP contribution in [0, 0.1) is 18.3 Å². The predicted molar refractivity (Wildman–Crippen MR) is 295 cm³/mol. The van der Waals surface area contributed by atoms with Gasteiger partial charge in [-0.3, -0.25) is 19.4 Å². The second-order valence-corrected chi connectivity index (χ2v) is 34.1. The summed E-state index contributed by atoms with van der Waals surface area (Å²) in [5, 5.41) is 44.7. The molecule has 10 atom stereocenters. The van der Waals surface area contributed by atoms with Gasteiger partial charge in [0.1, 0.15) is 17.3 Å². The number of aliphatic hydroxyl groups is 3. The molecule has 5 N–H and O–H groups in total. The van der Waals surface area contributed by atoms with Crippen molar-refractivity contribution < 1.29 is 38.5 Å². The lowest BCUT2D eigenvalue weighted by molar-refractivity contribution is -0.203. The molecule has 1 saturated carbocycles. The van der Waals surface area contributed by atoms with Crippen LogP contribution in [0.2, 0.25) is 32.2 Å². The van der Waals surface area contributed by atoms with Crippen LogP contribution < -0.4 is 15.0 Å². The van der Waals surface area contributed by atoms with E-state index in [0.717, 1.165) is 55.6 Å². The molecule has 6 aliphatic rings. The summed E-state index contributed by atoms with van der Waals surface area (Å²) >= 11 is 1.64. The fourth-order valence-electron chi connectivity index (χ4n) is 15.4. The highest BCUT2D eigenvalue weighted by molar-refractivity contribution is 8.00. The van der Waals surface area contributed by atoms with Crippen molar-refractivity contribution >= 4 is 56.9 Å². The molecule has 5 aliphatic heterocycles. The lowest BCUT2D eigenvalue weighted by atomic mass is 9.47. The number of esters is 1. The lowest BCUT2D eigenvalue weighted by Gasteiger charge is -2.63. The average molecular weight is 1070 g/mol. The van der Waals surface area contributed by atoms with Crippen LogP contribution in [-0.2, 0) is 35.7 Å². The van der Waals surface area contributed by atoms with Gasteiger partial charge in [-0.1, -0.05) is 56.0 Å². The zero-order valence-electron chi connectivity index (χ0n) is 45.2. The van der Waals surface area contributed by atoms with Crippen molar-refractivity contribution in [3.63, 3.8) is 0 Å². The normalized spacial score (nSPS) is 32.4. The number of nitrogens with zero attached hydrogens (tertiary/aromatic N) is 5. The molecule has 2 saturated heterocycles. The first-order valence-electron chi connectivity index (χ1n) is 27.0. The van der Waals surface area contributed by atoms with Gasteiger partial charge in [0.05, 0.1) is 25.9 Å². The van der Waals surface area contributed by atoms with E-state index in [1.165, 1.54) is 7.11 Å². The first-order chi connectivity index (χ1) is 35.2. The number of fused-ring (bicyclic) bond motifs is 6. The summed E-state index contributed by atoms with van der Waals surface area (Å²) in [6, 6.07) is 12.0. The van der Waals surface area contributed by atoms with Crippen LogP contribution in [0.15, 0.2) is 66.1 Å². The van der Waals surface area contributed by atoms with Gasteiger partial charge in [0.25, 0.3) is 5.91 Å². The molecular weight excluding hydrogens is 987 g/mol. The highest BCUT2D eigenvalue weighted by Crippen LogP contribution is 2.67. The highest BCUT2D eigenvalue weighted by atomic mass is 32.2. The van der Waals surface area contributed by atoms with E-state index in [2.05, 4.69) is 93.5 Å². The van der Waals surface area contributed by atoms with Crippen LogP contribution in [0.3, 0.4) is 0 Å². The molecule has 10 rings (SSSR count). The Bertz CT molecular complexity index is 2830. The summed E-state index contributed by atoms with van der Waals surface area (Å²) in [5.74, 6) is -0.632. The first-order valence-corrected chi connectivity index (χ1v) is 34.2. The van der Waals surface area contributed by atoms with Crippen molar-refractivity contribution in [3.05, 3.63) is 88.9 Å². The van der Waals surface area contributed by atoms with E-state index >= 15 is 9.59 Å². The van der Waals surface area contributed by atoms with Gasteiger partial charge in [-0.2, -0.15) is 0 Å². The number of hydrogen-bond donors (Lipinski definition) is 5. The summed E-state index contributed by atoms with van der Waals surface area (Å²) in [4.78, 5) is 50.5. The van der Waals surface area contributed by atoms with Gasteiger partial charge in [0.15, 0.2) is 27.4 Å². The average Bonchev–Trinajstić information content (AvgIpc) is 4.16. The number of H-pyrrole nitrogens is 1. The standard InChI is InChI=1S/C56H79N7O8SSi2/c1-11-52(67)29-37-30-55(50(66)70-6,45-39(19-24-62(33-37)34-52)38-17-13-14-18-42(38)60-45)41-27-40-43(28-44(41)69-5)61(4)47-54(40)21-25-63-23-15-20-53(12-2,46(54)63)48(64)56(47,68)49(65)57-22-16-26-73(7,8)71-74(9,10)35-72-51-58-31-36(3)32-59-51/h13-15,17-18,20,27-28,31-32,37,46-48,60,64,67-68H,11-12,16,19,21-26,29-30,33-35H2,1-10H3,(H,57,65)/t37-,46-,47+,48+,52-,53+,54+,55-,56-/m0/s1. The van der Waals surface area contributed by atoms with Gasteiger partial charge < -0.3 is 44.1 Å². The lowest BCUT2D eigenvalue weighted by Crippen LogP contribution is -2.81. The van der Waals surface area contributed by atoms with Crippen molar-refractivity contribution in [1.82, 2.24) is 30.1 Å². The van der Waals surface area contributed by atoms with E-state index in [1.807, 2.05) is 56.4 Å². The van der Waals surface area contributed by atoms with Crippen LogP contribution in [0.4, 0.5) is 5.69 Å². The van der Waals surface area contributed by atoms with Crippen LogP contribution in [0.25, 0.3) is 10.9 Å². The zero-order chi connectivity index (χ0) is 52.8. The Balaban J connectivity index is 1.05. The Morgan fingerprint density at radius 2 is 1.74 bits per heavy atom. The summed E-state index contributed by atoms with van der Waals surface area (Å²) in [5.41, 5.74) is -0.413. The van der Waals surface area contributed by atoms with E-state index in [-0.39, 0.29) is 12.0 Å². The molecule has 7 heterocycles. The molecule has 18 heteroatoms. The van der Waals surface area contributed by atoms with Crippen molar-refractivity contribution in [2.75, 3.05) is 70.8 Å². The quantitative estimate of drug-likeness (QED) is 0.0214. The fourth-order valence-corrected chi connectivity index (χ4v) is 25.8. The Morgan fingerprint density at radius 1 is 0.986 bits per heavy atom. The molecule has 4 aromatic rings. The highest BCUT2D eigenvalue weighted by Gasteiger charge is 2.78. The van der Waals surface area contributed by atoms with Crippen molar-refractivity contribution in [1.29, 1.82) is 0 Å². The van der Waals surface area contributed by atoms with Gasteiger partial charge in [0.2, 0.25) is 0 Å². The number of aromatic amines is 1. The number of methoxy groups -OCH3 is 2. The number of rotatable bonds is 15. The number of thioether (sulfide) groups is 1. The zero-order valence-corrected chi connectivity index (χ0v) is 48.0. The summed E-state index contributed by atoms with van der Waals surface area (Å²) in [6.45, 7) is 18.7. The van der Waals surface area contributed by atoms with E-state index < -0.39 is 68.1 Å². The number of para-hydroxylation sites is 1. The molecule has 2 bridgehead atoms. The minimum absolute atomic E-state index is 0.0972. The Hall–Kier alpha value is -4.12. The minimum Gasteiger partial charge on any atom is -0.496 e. The number of carbonyl (C=O) groups is 2. The number of piperidine rings is 1. The van der Waals surface area contributed by atoms with Crippen LogP contribution in [-0.4, -0.2) is 164 Å². The van der Waals surface area contributed by atoms with Gasteiger partial charge in [-0.05, 0) is 125 Å². The number of hydrogen-bond acceptors (Lipinski definition) is 14. The smallest absolute Gasteiger partial charge is 0.322 e. The number of amides is 1. The predicted octanol–water partition coefficient (Wildman–Crippen LogP) is 6.61. The first kappa shape index (κ1) is 53.3. The molecule has 400 valence electrons. The third-order valence-corrected chi connectivity index (χ3v) is 28.1. The van der Waals surface area contributed by atoms with Gasteiger partial charge in [-0.15, -0.1) is 0 Å². The molecule has 0 radical (unpaired) electrons. The molecule has 1 spiro atoms. The van der Waals surface area contributed by atoms with Crippen LogP contribution in [0.5, 0.6) is 5.75 Å². The maximum atomic E-state index is 15.5. The van der Waals surface area contributed by atoms with Crippen molar-refractivity contribution in [3.8, 4) is 5.75 Å². The Kier molecular flexibility index (Phi) is 14.0. The largest absolute Gasteiger partial charge is 0.496 e. The van der Waals surface area contributed by atoms with Crippen molar-refractivity contribution in [2.45, 2.75) is 143 Å². The number of aryl methyl sites for hydroxylation is 1. The number of carbonyl (C=O) groups excluding carboxylic acids is 2. The minimum atomic E-state index is -2.27. The van der Waals surface area contributed by atoms with E-state index in [1.54, 1.807) is 18.9 Å². The third kappa shape index (κ3) is 8.42. The number of anilines is 1. The van der Waals surface area contributed by atoms with Gasteiger partial charge in [-0.25, -0.2) is 9.97 Å². The molecular formula is C56H79N7O8SSi2. The SMILES string of the molecule is CC[C@]1(O)C[C@@H]2C[N@@](CCc3c([nH]c4ccccc34)[C@@](C(=O)OC)(c3cc4c(cc3OC)N(C)[C@H]3[C@@](O)(C(=O)NCCC[Si](C)(C)O[Si](C)(C)CSc5ncc(C)cn5)[C@H](O)[C@]5(CC)C=CCN6CC[C@]43[C@@H]65)C2)C1. The summed E-state index contributed by atoms with van der Waals surface area (Å²) < 4.78 is 19.5. The van der Waals surface area contributed by atoms with E-state index in [4.69, 9.17) is 13.6 Å². The number of ether oxygens (including phenoxy) is 2. The molecule has 2 aromatic heterocycles. The third-order valence-electron chi connectivity index (χ3n) is 18.3. The number of nitrogens with one attached hydrogen (secondary N) is 2. The monoisotopic (exact) mass is 1070 g/mol.